The number of anilines is 1. The van der Waals surface area contributed by atoms with Crippen LogP contribution in [-0.2, 0) is 13.2 Å². The van der Waals surface area contributed by atoms with Crippen LogP contribution < -0.4 is 5.32 Å². The lowest BCUT2D eigenvalue weighted by Gasteiger charge is -2.12. The summed E-state index contributed by atoms with van der Waals surface area (Å²) in [5, 5.41) is 14.9. The Hall–Kier alpha value is -2.82. The average Bonchev–Trinajstić information content (AvgIpc) is 2.78. The number of rotatable bonds is 2. The van der Waals surface area contributed by atoms with Gasteiger partial charge < -0.3 is 5.32 Å². The Bertz CT molecular complexity index is 728. The summed E-state index contributed by atoms with van der Waals surface area (Å²) in [6.07, 6.45) is -3.43. The Morgan fingerprint density at radius 3 is 2.67 bits per heavy atom. The van der Waals surface area contributed by atoms with Crippen molar-refractivity contribution in [3.05, 3.63) is 47.2 Å². The molecule has 5 nitrogen and oxygen atoms in total. The third kappa shape index (κ3) is 2.86. The summed E-state index contributed by atoms with van der Waals surface area (Å²) < 4.78 is 39.8. The molecule has 0 radical (unpaired) electrons. The molecule has 1 aromatic carbocycles. The number of nitrogens with zero attached hydrogens (tertiary/aromatic N) is 3. The summed E-state index contributed by atoms with van der Waals surface area (Å²) in [4.78, 5) is 12.0. The molecule has 108 valence electrons. The summed E-state index contributed by atoms with van der Waals surface area (Å²) in [6, 6.07) is 6.22. The number of carbonyl (C=O) groups is 1. The highest BCUT2D eigenvalue weighted by atomic mass is 19.4. The molecule has 0 unspecified atom stereocenters. The van der Waals surface area contributed by atoms with Crippen LogP contribution in [0, 0.1) is 11.3 Å². The number of aryl methyl sites for hydroxylation is 1. The van der Waals surface area contributed by atoms with Gasteiger partial charge in [-0.1, -0.05) is 12.1 Å². The number of aromatic nitrogens is 2. The van der Waals surface area contributed by atoms with Crippen molar-refractivity contribution in [2.24, 2.45) is 7.05 Å². The zero-order valence-electron chi connectivity index (χ0n) is 10.8. The molecule has 1 N–H and O–H groups in total. The molecule has 0 saturated carbocycles. The molecule has 0 aliphatic rings. The topological polar surface area (TPSA) is 70.7 Å². The monoisotopic (exact) mass is 294 g/mol. The first-order chi connectivity index (χ1) is 9.84. The molecular weight excluding hydrogens is 285 g/mol. The summed E-state index contributed by atoms with van der Waals surface area (Å²) in [6.45, 7) is 0. The van der Waals surface area contributed by atoms with Gasteiger partial charge in [0.1, 0.15) is 17.5 Å². The number of benzene rings is 1. The quantitative estimate of drug-likeness (QED) is 0.925. The van der Waals surface area contributed by atoms with Crippen LogP contribution in [-0.4, -0.2) is 15.7 Å². The van der Waals surface area contributed by atoms with E-state index >= 15 is 0 Å². The molecule has 2 aromatic rings. The first-order valence-corrected chi connectivity index (χ1v) is 5.74. The first-order valence-electron chi connectivity index (χ1n) is 5.74. The summed E-state index contributed by atoms with van der Waals surface area (Å²) in [5.41, 5.74) is -1.49. The second kappa shape index (κ2) is 5.28. The molecule has 0 fully saturated rings. The molecule has 0 aliphatic carbocycles. The summed E-state index contributed by atoms with van der Waals surface area (Å²) in [7, 11) is 1.46. The van der Waals surface area contributed by atoms with Crippen LogP contribution in [0.1, 0.15) is 21.5 Å². The Labute approximate surface area is 117 Å². The summed E-state index contributed by atoms with van der Waals surface area (Å²) >= 11 is 0. The van der Waals surface area contributed by atoms with Crippen LogP contribution >= 0.6 is 0 Å². The van der Waals surface area contributed by atoms with Gasteiger partial charge in [-0.05, 0) is 12.1 Å². The molecule has 8 heteroatoms. The minimum absolute atomic E-state index is 0.0412. The number of alkyl halides is 3. The lowest BCUT2D eigenvalue weighted by atomic mass is 10.1. The molecule has 2 rings (SSSR count). The number of hydrogen-bond acceptors (Lipinski definition) is 3. The number of hydrogen-bond donors (Lipinski definition) is 1. The molecule has 1 amide bonds. The van der Waals surface area contributed by atoms with Crippen molar-refractivity contribution in [2.45, 2.75) is 6.18 Å². The number of carbonyl (C=O) groups excluding carboxylic acids is 1. The average molecular weight is 294 g/mol. The third-order valence-corrected chi connectivity index (χ3v) is 2.77. The van der Waals surface area contributed by atoms with E-state index in [0.29, 0.717) is 0 Å². The number of amides is 1. The Morgan fingerprint density at radius 2 is 2.05 bits per heavy atom. The highest BCUT2D eigenvalue weighted by Crippen LogP contribution is 2.32. The van der Waals surface area contributed by atoms with Gasteiger partial charge in [0.05, 0.1) is 17.3 Å². The van der Waals surface area contributed by atoms with E-state index in [4.69, 9.17) is 5.26 Å². The van der Waals surface area contributed by atoms with Gasteiger partial charge in [0.15, 0.2) is 0 Å². The van der Waals surface area contributed by atoms with Gasteiger partial charge in [-0.15, -0.1) is 0 Å². The first kappa shape index (κ1) is 14.6. The van der Waals surface area contributed by atoms with E-state index in [9.17, 15) is 18.0 Å². The van der Waals surface area contributed by atoms with Crippen LogP contribution in [0.15, 0.2) is 30.5 Å². The second-order valence-electron chi connectivity index (χ2n) is 4.14. The Morgan fingerprint density at radius 1 is 1.38 bits per heavy atom. The van der Waals surface area contributed by atoms with E-state index in [-0.39, 0.29) is 11.4 Å². The fourth-order valence-corrected chi connectivity index (χ4v) is 1.77. The fourth-order valence-electron chi connectivity index (χ4n) is 1.77. The van der Waals surface area contributed by atoms with E-state index in [1.54, 1.807) is 6.07 Å². The molecule has 21 heavy (non-hydrogen) atoms. The van der Waals surface area contributed by atoms with Gasteiger partial charge in [0, 0.05) is 7.05 Å². The van der Waals surface area contributed by atoms with E-state index in [0.717, 1.165) is 12.1 Å². The van der Waals surface area contributed by atoms with Crippen molar-refractivity contribution in [1.29, 1.82) is 5.26 Å². The van der Waals surface area contributed by atoms with Crippen molar-refractivity contribution in [2.75, 3.05) is 5.32 Å². The smallest absolute Gasteiger partial charge is 0.306 e. The zero-order valence-corrected chi connectivity index (χ0v) is 10.8. The van der Waals surface area contributed by atoms with E-state index in [2.05, 4.69) is 10.4 Å². The van der Waals surface area contributed by atoms with Gasteiger partial charge in [-0.25, -0.2) is 0 Å². The summed E-state index contributed by atoms with van der Waals surface area (Å²) in [5.74, 6) is -0.914. The number of halogens is 3. The Kier molecular flexibility index (Phi) is 3.67. The van der Waals surface area contributed by atoms with Crippen LogP contribution in [0.2, 0.25) is 0 Å². The lowest BCUT2D eigenvalue weighted by Crippen LogP contribution is -2.20. The Balaban J connectivity index is 2.39. The lowest BCUT2D eigenvalue weighted by molar-refractivity contribution is -0.137. The van der Waals surface area contributed by atoms with Crippen LogP contribution in [0.5, 0.6) is 0 Å². The highest BCUT2D eigenvalue weighted by molar-refractivity contribution is 6.05. The number of nitriles is 1. The molecule has 0 atom stereocenters. The minimum Gasteiger partial charge on any atom is -0.306 e. The van der Waals surface area contributed by atoms with Crippen molar-refractivity contribution in [1.82, 2.24) is 9.78 Å². The molecule has 0 bridgehead atoms. The molecule has 0 aliphatic heterocycles. The molecular formula is C13H9F3N4O. The van der Waals surface area contributed by atoms with Gasteiger partial charge in [-0.3, -0.25) is 9.48 Å². The van der Waals surface area contributed by atoms with Crippen LogP contribution in [0.25, 0.3) is 0 Å². The van der Waals surface area contributed by atoms with Crippen molar-refractivity contribution in [3.63, 3.8) is 0 Å². The maximum Gasteiger partial charge on any atom is 0.417 e. The molecule has 0 saturated heterocycles. The molecule has 1 heterocycles. The minimum atomic E-state index is -4.64. The predicted molar refractivity (Wildman–Crippen MR) is 67.3 cm³/mol. The van der Waals surface area contributed by atoms with Gasteiger partial charge in [0.25, 0.3) is 5.91 Å². The maximum absolute atomic E-state index is 12.9. The normalized spacial score (nSPS) is 11.0. The van der Waals surface area contributed by atoms with Gasteiger partial charge in [-0.2, -0.15) is 23.5 Å². The molecule has 0 spiro atoms. The van der Waals surface area contributed by atoms with Crippen LogP contribution in [0.3, 0.4) is 0 Å². The van der Waals surface area contributed by atoms with Crippen molar-refractivity contribution in [3.8, 4) is 6.07 Å². The van der Waals surface area contributed by atoms with E-state index < -0.39 is 23.2 Å². The molecule has 1 aromatic heterocycles. The SMILES string of the molecule is Cn1ncc(C#N)c1NC(=O)c1ccccc1C(F)(F)F. The number of nitrogens with one attached hydrogen (secondary N) is 1. The third-order valence-electron chi connectivity index (χ3n) is 2.77. The van der Waals surface area contributed by atoms with E-state index in [1.807, 2.05) is 0 Å². The van der Waals surface area contributed by atoms with Crippen LogP contribution in [0.4, 0.5) is 19.0 Å². The highest BCUT2D eigenvalue weighted by Gasteiger charge is 2.35. The maximum atomic E-state index is 12.9. The fraction of sp³-hybridized carbons (Fsp3) is 0.154. The van der Waals surface area contributed by atoms with Crippen molar-refractivity contribution >= 4 is 11.7 Å². The largest absolute Gasteiger partial charge is 0.417 e. The second-order valence-corrected chi connectivity index (χ2v) is 4.14. The zero-order chi connectivity index (χ0) is 15.6. The van der Waals surface area contributed by atoms with Crippen molar-refractivity contribution < 1.29 is 18.0 Å². The standard InChI is InChI=1S/C13H9F3N4O/c1-20-11(8(6-17)7-18-20)19-12(21)9-4-2-3-5-10(9)13(14,15)16/h2-5,7H,1H3,(H,19,21). The predicted octanol–water partition coefficient (Wildman–Crippen LogP) is 2.56. The van der Waals surface area contributed by atoms with Gasteiger partial charge >= 0.3 is 6.18 Å². The van der Waals surface area contributed by atoms with E-state index in [1.165, 1.54) is 30.1 Å². The van der Waals surface area contributed by atoms with Gasteiger partial charge in [0.2, 0.25) is 0 Å².